The van der Waals surface area contributed by atoms with E-state index in [9.17, 15) is 0 Å². The first-order valence-electron chi connectivity index (χ1n) is 24.0. The Balaban J connectivity index is 1.23. The molecule has 6 nitrogen and oxygen atoms in total. The van der Waals surface area contributed by atoms with E-state index in [-0.39, 0.29) is 0 Å². The summed E-state index contributed by atoms with van der Waals surface area (Å²) in [4.78, 5) is 6.76. The lowest BCUT2D eigenvalue weighted by atomic mass is 9.65. The summed E-state index contributed by atoms with van der Waals surface area (Å²) < 4.78 is 30.1. The molecule has 1 heterocycles. The van der Waals surface area contributed by atoms with Gasteiger partial charge in [-0.1, -0.05) is 133 Å². The Morgan fingerprint density at radius 2 is 0.985 bits per heavy atom. The van der Waals surface area contributed by atoms with Gasteiger partial charge in [0.05, 0.1) is 18.6 Å². The molecule has 68 heavy (non-hydrogen) atoms. The molecule has 7 heteroatoms. The molecule has 1 aliphatic heterocycles. The molecule has 0 aromatic heterocycles. The number of fused-ring (bicyclic) bond motifs is 6. The minimum atomic E-state index is -3.54. The fourth-order valence-corrected chi connectivity index (χ4v) is 14.0. The van der Waals surface area contributed by atoms with Gasteiger partial charge >= 0.3 is 0 Å². The fourth-order valence-electron chi connectivity index (χ4n) is 10.5. The van der Waals surface area contributed by atoms with Crippen LogP contribution in [0.5, 0.6) is 11.5 Å². The lowest BCUT2D eigenvalue weighted by Gasteiger charge is -2.37. The van der Waals surface area contributed by atoms with Crippen LogP contribution in [-0.2, 0) is 9.98 Å². The lowest BCUT2D eigenvalue weighted by molar-refractivity contribution is 0.293. The minimum Gasteiger partial charge on any atom is -0.494 e. The van der Waals surface area contributed by atoms with Crippen molar-refractivity contribution in [2.75, 3.05) is 59.4 Å². The van der Waals surface area contributed by atoms with Gasteiger partial charge < -0.3 is 28.7 Å². The Morgan fingerprint density at radius 1 is 0.485 bits per heavy atom. The highest BCUT2D eigenvalue weighted by Gasteiger charge is 2.58. The maximum atomic E-state index is 17.3. The van der Waals surface area contributed by atoms with Crippen LogP contribution in [0.3, 0.4) is 0 Å². The quantitative estimate of drug-likeness (QED) is 0.0631. The Hall–Kier alpha value is -6.69. The Kier molecular flexibility index (Phi) is 12.9. The number of benzene rings is 8. The van der Waals surface area contributed by atoms with Gasteiger partial charge in [0, 0.05) is 33.0 Å². The van der Waals surface area contributed by atoms with Gasteiger partial charge in [-0.25, -0.2) is 0 Å². The van der Waals surface area contributed by atoms with E-state index in [2.05, 4.69) is 219 Å². The third kappa shape index (κ3) is 8.25. The van der Waals surface area contributed by atoms with Crippen LogP contribution in [0.15, 0.2) is 194 Å². The number of anilines is 3. The molecule has 1 aliphatic carbocycles. The molecule has 0 amide bonds. The first kappa shape index (κ1) is 45.1. The van der Waals surface area contributed by atoms with E-state index in [0.29, 0.717) is 13.2 Å². The van der Waals surface area contributed by atoms with Gasteiger partial charge in [-0.3, -0.25) is 0 Å². The van der Waals surface area contributed by atoms with Gasteiger partial charge in [0.2, 0.25) is 0 Å². The molecule has 0 radical (unpaired) electrons. The second-order valence-corrected chi connectivity index (χ2v) is 21.2. The van der Waals surface area contributed by atoms with Crippen molar-refractivity contribution in [3.05, 3.63) is 222 Å². The molecular weight excluding hydrogens is 854 g/mol. The van der Waals surface area contributed by atoms with Crippen LogP contribution in [0, 0.1) is 0 Å². The van der Waals surface area contributed by atoms with Crippen molar-refractivity contribution in [1.82, 2.24) is 9.80 Å². The van der Waals surface area contributed by atoms with Gasteiger partial charge in [-0.2, -0.15) is 0 Å². The third-order valence-corrected chi connectivity index (χ3v) is 16.8. The zero-order valence-corrected chi connectivity index (χ0v) is 40.5. The van der Waals surface area contributed by atoms with Crippen LogP contribution in [-0.4, -0.2) is 64.3 Å². The molecule has 0 fully saturated rings. The van der Waals surface area contributed by atoms with E-state index in [1.807, 2.05) is 18.2 Å². The van der Waals surface area contributed by atoms with Crippen molar-refractivity contribution in [2.24, 2.45) is 0 Å². The van der Waals surface area contributed by atoms with Crippen LogP contribution >= 0.6 is 7.14 Å². The minimum absolute atomic E-state index is 0.645. The molecule has 0 spiro atoms. The number of para-hydroxylation sites is 2. The fraction of sp³-hybridized carbons (Fsp3) is 0.213. The van der Waals surface area contributed by atoms with Crippen molar-refractivity contribution in [2.45, 2.75) is 31.1 Å². The molecule has 2 aliphatic rings. The van der Waals surface area contributed by atoms with Crippen LogP contribution in [0.1, 0.15) is 53.5 Å². The molecule has 1 unspecified atom stereocenters. The maximum absolute atomic E-state index is 17.3. The molecule has 8 aromatic carbocycles. The van der Waals surface area contributed by atoms with Crippen molar-refractivity contribution in [3.8, 4) is 11.5 Å². The normalized spacial score (nSPS) is 15.7. The number of rotatable bonds is 18. The van der Waals surface area contributed by atoms with Crippen LogP contribution in [0.4, 0.5) is 17.1 Å². The van der Waals surface area contributed by atoms with E-state index in [4.69, 9.17) is 9.47 Å². The summed E-state index contributed by atoms with van der Waals surface area (Å²) in [7, 11) is 4.91. The molecule has 0 bridgehead atoms. The number of ether oxygens (including phenoxy) is 2. The highest BCUT2D eigenvalue weighted by molar-refractivity contribution is 7.89. The van der Waals surface area contributed by atoms with Gasteiger partial charge in [0.1, 0.15) is 11.5 Å². The molecule has 342 valence electrons. The molecule has 8 aromatic rings. The molecular formula is C61H60N3O3P. The average Bonchev–Trinajstić information content (AvgIpc) is 3.83. The number of nitrogens with zero attached hydrogens (tertiary/aromatic N) is 3. The predicted molar refractivity (Wildman–Crippen MR) is 285 cm³/mol. The van der Waals surface area contributed by atoms with Crippen LogP contribution in [0.2, 0.25) is 0 Å². The summed E-state index contributed by atoms with van der Waals surface area (Å²) in [6, 6.07) is 68.6. The Morgan fingerprint density at radius 3 is 1.53 bits per heavy atom. The molecule has 0 saturated heterocycles. The summed E-state index contributed by atoms with van der Waals surface area (Å²) in [5.74, 6) is 1.67. The van der Waals surface area contributed by atoms with Crippen LogP contribution < -0.4 is 25.0 Å². The maximum Gasteiger partial charge on any atom is 0.173 e. The highest BCUT2D eigenvalue weighted by Crippen LogP contribution is 2.74. The van der Waals surface area contributed by atoms with Gasteiger partial charge in [0.25, 0.3) is 0 Å². The number of hydrogen-bond donors (Lipinski definition) is 0. The molecule has 1 atom stereocenters. The summed E-state index contributed by atoms with van der Waals surface area (Å²) in [5, 5.41) is 4.75. The molecule has 0 saturated carbocycles. The third-order valence-electron chi connectivity index (χ3n) is 13.6. The monoisotopic (exact) mass is 913 g/mol. The van der Waals surface area contributed by atoms with E-state index in [1.54, 1.807) is 0 Å². The summed E-state index contributed by atoms with van der Waals surface area (Å²) in [6.07, 6.45) is 4.08. The number of hydrogen-bond acceptors (Lipinski definition) is 6. The summed E-state index contributed by atoms with van der Waals surface area (Å²) in [5.41, 5.74) is 8.52. The molecule has 10 rings (SSSR count). The topological polar surface area (TPSA) is 45.3 Å². The van der Waals surface area contributed by atoms with Crippen LogP contribution in [0.25, 0.3) is 21.7 Å². The van der Waals surface area contributed by atoms with Crippen molar-refractivity contribution >= 4 is 56.5 Å². The Labute approximate surface area is 402 Å². The zero-order chi connectivity index (χ0) is 46.7. The average molecular weight is 914 g/mol. The highest BCUT2D eigenvalue weighted by atomic mass is 31.2. The van der Waals surface area contributed by atoms with E-state index in [1.165, 1.54) is 0 Å². The van der Waals surface area contributed by atoms with Gasteiger partial charge in [-0.15, -0.1) is 0 Å². The second-order valence-electron chi connectivity index (χ2n) is 18.6. The smallest absolute Gasteiger partial charge is 0.173 e. The summed E-state index contributed by atoms with van der Waals surface area (Å²) in [6.45, 7) is 3.34. The SMILES string of the molecule is CN(C)CCCCOc1ccc(C2(c3ccc(OCCCCN(C)C)cc3)C3=C(c4ccc(N(c5ccccc5)c5ccccc5)cc42)P(=O)(c2ccccc2)c2c3ccc3ccccc23)cc1. The van der Waals surface area contributed by atoms with Gasteiger partial charge in [0.15, 0.2) is 7.14 Å². The zero-order valence-electron chi connectivity index (χ0n) is 39.6. The number of allylic oxidation sites excluding steroid dienone is 1. The predicted octanol–water partition coefficient (Wildman–Crippen LogP) is 13.3. The standard InChI is InChI=1S/C61H60N3O3P/c1-62(2)40-16-18-42-66-51-34-29-46(30-35-51)61(47-31-36-52(37-32-47)67-43-19-17-41-63(3)4)57-44-50(64(48-21-8-5-9-22-48)49-23-10-6-11-24-49)33-39-55(57)60-58(61)56-38-28-45-20-14-15-27-54(45)59(56)68(60,65)53-25-12-7-13-26-53/h5-15,20-39,44H,16-19,40-43H2,1-4H3. The first-order valence-corrected chi connectivity index (χ1v) is 25.7. The largest absolute Gasteiger partial charge is 0.494 e. The lowest BCUT2D eigenvalue weighted by Crippen LogP contribution is -2.31. The van der Waals surface area contributed by atoms with E-state index in [0.717, 1.165) is 127 Å². The van der Waals surface area contributed by atoms with E-state index < -0.39 is 12.6 Å². The van der Waals surface area contributed by atoms with E-state index >= 15 is 4.57 Å². The van der Waals surface area contributed by atoms with Crippen molar-refractivity contribution < 1.29 is 14.0 Å². The first-order chi connectivity index (χ1) is 33.3. The molecule has 0 N–H and O–H groups in total. The van der Waals surface area contributed by atoms with Crippen molar-refractivity contribution in [3.63, 3.8) is 0 Å². The Bertz CT molecular complexity index is 3000. The second kappa shape index (κ2) is 19.5. The summed E-state index contributed by atoms with van der Waals surface area (Å²) >= 11 is 0. The number of unbranched alkanes of at least 4 members (excludes halogenated alkanes) is 2. The van der Waals surface area contributed by atoms with Crippen molar-refractivity contribution in [1.29, 1.82) is 0 Å². The van der Waals surface area contributed by atoms with Gasteiger partial charge in [-0.05, 0) is 172 Å².